The summed E-state index contributed by atoms with van der Waals surface area (Å²) in [6.07, 6.45) is 1.98. The minimum atomic E-state index is -0.305. The van der Waals surface area contributed by atoms with Crippen molar-refractivity contribution in [3.8, 4) is 0 Å². The van der Waals surface area contributed by atoms with Crippen LogP contribution in [0.4, 0.5) is 0 Å². The number of hydrogen-bond donors (Lipinski definition) is 2. The molecule has 1 heterocycles. The molecule has 0 saturated carbocycles. The predicted molar refractivity (Wildman–Crippen MR) is 78.8 cm³/mol. The largest absolute Gasteiger partial charge is 0.390 e. The maximum Gasteiger partial charge on any atom is 0.0791 e. The third kappa shape index (κ3) is 3.38. The first-order valence-corrected chi connectivity index (χ1v) is 7.62. The van der Waals surface area contributed by atoms with Crippen molar-refractivity contribution in [1.29, 1.82) is 0 Å². The van der Waals surface area contributed by atoms with Gasteiger partial charge in [0.1, 0.15) is 0 Å². The van der Waals surface area contributed by atoms with Crippen LogP contribution in [0.15, 0.2) is 24.3 Å². The molecule has 1 aromatic rings. The average Bonchev–Trinajstić information content (AvgIpc) is 2.89. The molecule has 4 nitrogen and oxygen atoms in total. The van der Waals surface area contributed by atoms with Crippen LogP contribution in [0.5, 0.6) is 0 Å². The minimum Gasteiger partial charge on any atom is -0.390 e. The second-order valence-corrected chi connectivity index (χ2v) is 5.77. The number of nitrogens with zero attached hydrogens (tertiary/aromatic N) is 1. The van der Waals surface area contributed by atoms with Gasteiger partial charge in [0.2, 0.25) is 0 Å². The van der Waals surface area contributed by atoms with Gasteiger partial charge in [0, 0.05) is 32.2 Å². The van der Waals surface area contributed by atoms with E-state index in [1.807, 2.05) is 0 Å². The smallest absolute Gasteiger partial charge is 0.0791 e. The Morgan fingerprint density at radius 3 is 2.95 bits per heavy atom. The first-order valence-electron chi connectivity index (χ1n) is 7.62. The molecule has 110 valence electrons. The summed E-state index contributed by atoms with van der Waals surface area (Å²) in [5.74, 6) is 0. The fourth-order valence-electron chi connectivity index (χ4n) is 3.19. The SMILES string of the molecule is OC(CNC1CCc2ccccc21)CN1CCOCC1. The van der Waals surface area contributed by atoms with Gasteiger partial charge >= 0.3 is 0 Å². The molecule has 2 aliphatic rings. The number of hydrogen-bond acceptors (Lipinski definition) is 4. The van der Waals surface area contributed by atoms with Crippen LogP contribution in [-0.2, 0) is 11.2 Å². The van der Waals surface area contributed by atoms with E-state index in [0.29, 0.717) is 12.6 Å². The lowest BCUT2D eigenvalue weighted by Crippen LogP contribution is -2.44. The van der Waals surface area contributed by atoms with E-state index in [4.69, 9.17) is 4.74 Å². The van der Waals surface area contributed by atoms with E-state index in [-0.39, 0.29) is 6.10 Å². The van der Waals surface area contributed by atoms with Crippen LogP contribution < -0.4 is 5.32 Å². The Kier molecular flexibility index (Phi) is 4.68. The number of fused-ring (bicyclic) bond motifs is 1. The lowest BCUT2D eigenvalue weighted by Gasteiger charge is -2.29. The monoisotopic (exact) mass is 276 g/mol. The van der Waals surface area contributed by atoms with Crippen molar-refractivity contribution >= 4 is 0 Å². The molecule has 1 aromatic carbocycles. The van der Waals surface area contributed by atoms with Gasteiger partial charge in [-0.3, -0.25) is 4.90 Å². The third-order valence-corrected chi connectivity index (χ3v) is 4.31. The highest BCUT2D eigenvalue weighted by Gasteiger charge is 2.22. The van der Waals surface area contributed by atoms with Crippen LogP contribution in [0.3, 0.4) is 0 Å². The summed E-state index contributed by atoms with van der Waals surface area (Å²) in [7, 11) is 0. The topological polar surface area (TPSA) is 44.7 Å². The number of aliphatic hydroxyl groups is 1. The van der Waals surface area contributed by atoms with Gasteiger partial charge in [-0.2, -0.15) is 0 Å². The first-order chi connectivity index (χ1) is 9.83. The van der Waals surface area contributed by atoms with Crippen LogP contribution in [0, 0.1) is 0 Å². The van der Waals surface area contributed by atoms with Gasteiger partial charge in [0.05, 0.1) is 19.3 Å². The molecule has 4 heteroatoms. The summed E-state index contributed by atoms with van der Waals surface area (Å²) >= 11 is 0. The molecular formula is C16H24N2O2. The maximum atomic E-state index is 10.2. The molecule has 0 spiro atoms. The molecule has 2 unspecified atom stereocenters. The molecule has 1 fully saturated rings. The molecule has 1 aliphatic heterocycles. The van der Waals surface area contributed by atoms with Crippen molar-refractivity contribution in [3.63, 3.8) is 0 Å². The Labute approximate surface area is 120 Å². The van der Waals surface area contributed by atoms with Gasteiger partial charge in [-0.15, -0.1) is 0 Å². The van der Waals surface area contributed by atoms with Crippen LogP contribution in [-0.4, -0.2) is 55.5 Å². The zero-order valence-electron chi connectivity index (χ0n) is 11.9. The van der Waals surface area contributed by atoms with Gasteiger partial charge in [-0.25, -0.2) is 0 Å². The normalized spacial score (nSPS) is 24.6. The van der Waals surface area contributed by atoms with Gasteiger partial charge in [-0.1, -0.05) is 24.3 Å². The van der Waals surface area contributed by atoms with Crippen molar-refractivity contribution in [2.24, 2.45) is 0 Å². The van der Waals surface area contributed by atoms with E-state index in [9.17, 15) is 5.11 Å². The standard InChI is InChI=1S/C16H24N2O2/c19-14(12-18-7-9-20-10-8-18)11-17-16-6-5-13-3-1-2-4-15(13)16/h1-4,14,16-17,19H,5-12H2. The predicted octanol–water partition coefficient (Wildman–Crippen LogP) is 0.957. The minimum absolute atomic E-state index is 0.305. The van der Waals surface area contributed by atoms with E-state index < -0.39 is 0 Å². The lowest BCUT2D eigenvalue weighted by molar-refractivity contribution is 0.0145. The summed E-state index contributed by atoms with van der Waals surface area (Å²) < 4.78 is 5.32. The molecule has 2 atom stereocenters. The van der Waals surface area contributed by atoms with Crippen molar-refractivity contribution < 1.29 is 9.84 Å². The zero-order valence-corrected chi connectivity index (χ0v) is 11.9. The molecule has 0 amide bonds. The molecule has 1 saturated heterocycles. The Morgan fingerprint density at radius 1 is 1.30 bits per heavy atom. The van der Waals surface area contributed by atoms with E-state index >= 15 is 0 Å². The first kappa shape index (κ1) is 14.0. The van der Waals surface area contributed by atoms with Gasteiger partial charge in [0.25, 0.3) is 0 Å². The highest BCUT2D eigenvalue weighted by molar-refractivity contribution is 5.34. The van der Waals surface area contributed by atoms with E-state index in [0.717, 1.165) is 45.7 Å². The Hall–Kier alpha value is -0.940. The van der Waals surface area contributed by atoms with Crippen LogP contribution in [0.1, 0.15) is 23.6 Å². The van der Waals surface area contributed by atoms with Crippen molar-refractivity contribution in [3.05, 3.63) is 35.4 Å². The summed E-state index contributed by atoms with van der Waals surface area (Å²) in [5.41, 5.74) is 2.86. The lowest BCUT2D eigenvalue weighted by atomic mass is 10.1. The quantitative estimate of drug-likeness (QED) is 0.841. The number of aliphatic hydroxyl groups excluding tert-OH is 1. The summed E-state index contributed by atoms with van der Waals surface area (Å²) in [6, 6.07) is 9.03. The molecular weight excluding hydrogens is 252 g/mol. The number of rotatable bonds is 5. The van der Waals surface area contributed by atoms with E-state index in [1.165, 1.54) is 11.1 Å². The molecule has 3 rings (SSSR count). The Morgan fingerprint density at radius 2 is 2.10 bits per heavy atom. The molecule has 2 N–H and O–H groups in total. The average molecular weight is 276 g/mol. The summed E-state index contributed by atoms with van der Waals surface area (Å²) in [5, 5.41) is 13.7. The Bertz CT molecular complexity index is 432. The van der Waals surface area contributed by atoms with Gasteiger partial charge in [-0.05, 0) is 24.0 Å². The zero-order chi connectivity index (χ0) is 13.8. The van der Waals surface area contributed by atoms with Crippen LogP contribution in [0.2, 0.25) is 0 Å². The number of benzene rings is 1. The fraction of sp³-hybridized carbons (Fsp3) is 0.625. The Balaban J connectivity index is 1.45. The molecule has 20 heavy (non-hydrogen) atoms. The van der Waals surface area contributed by atoms with Crippen molar-refractivity contribution in [2.75, 3.05) is 39.4 Å². The molecule has 0 bridgehead atoms. The summed E-state index contributed by atoms with van der Waals surface area (Å²) in [4.78, 5) is 2.28. The number of β-amino-alcohol motifs (C(OH)–C–C–N with tert-alkyl or cyclic N) is 1. The van der Waals surface area contributed by atoms with Gasteiger partial charge < -0.3 is 15.2 Å². The second kappa shape index (κ2) is 6.68. The van der Waals surface area contributed by atoms with E-state index in [2.05, 4.69) is 34.5 Å². The van der Waals surface area contributed by atoms with Crippen molar-refractivity contribution in [1.82, 2.24) is 10.2 Å². The highest BCUT2D eigenvalue weighted by atomic mass is 16.5. The fourth-order valence-corrected chi connectivity index (χ4v) is 3.19. The maximum absolute atomic E-state index is 10.2. The molecule has 1 aliphatic carbocycles. The second-order valence-electron chi connectivity index (χ2n) is 5.77. The molecule has 0 aromatic heterocycles. The van der Waals surface area contributed by atoms with E-state index in [1.54, 1.807) is 0 Å². The number of aryl methyl sites for hydroxylation is 1. The highest BCUT2D eigenvalue weighted by Crippen LogP contribution is 2.30. The number of morpholine rings is 1. The van der Waals surface area contributed by atoms with Gasteiger partial charge in [0.15, 0.2) is 0 Å². The number of nitrogens with one attached hydrogen (secondary N) is 1. The van der Waals surface area contributed by atoms with Crippen molar-refractivity contribution in [2.45, 2.75) is 25.0 Å². The number of ether oxygens (including phenoxy) is 1. The van der Waals surface area contributed by atoms with Crippen LogP contribution >= 0.6 is 0 Å². The molecule has 0 radical (unpaired) electrons. The third-order valence-electron chi connectivity index (χ3n) is 4.31. The summed E-state index contributed by atoms with van der Waals surface area (Å²) in [6.45, 7) is 4.85. The van der Waals surface area contributed by atoms with Crippen LogP contribution in [0.25, 0.3) is 0 Å².